The van der Waals surface area contributed by atoms with Crippen LogP contribution in [0.2, 0.25) is 0 Å². The molecule has 0 fully saturated rings. The van der Waals surface area contributed by atoms with Gasteiger partial charge in [-0.3, -0.25) is 14.9 Å². The Morgan fingerprint density at radius 2 is 1.93 bits per heavy atom. The Morgan fingerprint density at radius 1 is 1.14 bits per heavy atom. The van der Waals surface area contributed by atoms with Gasteiger partial charge in [0.05, 0.1) is 22.4 Å². The lowest BCUT2D eigenvalue weighted by Gasteiger charge is -2.07. The first-order chi connectivity index (χ1) is 14.0. The average molecular weight is 388 g/mol. The summed E-state index contributed by atoms with van der Waals surface area (Å²) in [7, 11) is 0. The number of nitrogens with zero attached hydrogens (tertiary/aromatic N) is 2. The number of pyridine rings is 1. The Kier molecular flexibility index (Phi) is 4.66. The standard InChI is InChI=1S/C21H16N4O4/c1-13-2-6-16(7-3-13)29-20-9-4-14(11-23-20)24-21(26)18-12-22-19-8-5-15(25(27)28)10-17(18)19/h2-12,22H,1H3,(H,24,26). The van der Waals surface area contributed by atoms with Gasteiger partial charge in [-0.25, -0.2) is 4.98 Å². The second-order valence-corrected chi connectivity index (χ2v) is 6.44. The zero-order valence-electron chi connectivity index (χ0n) is 15.4. The maximum atomic E-state index is 12.6. The summed E-state index contributed by atoms with van der Waals surface area (Å²) in [5.74, 6) is 0.667. The van der Waals surface area contributed by atoms with Crippen LogP contribution in [0.3, 0.4) is 0 Å². The molecule has 0 radical (unpaired) electrons. The van der Waals surface area contributed by atoms with Gasteiger partial charge in [0.1, 0.15) is 5.75 Å². The zero-order valence-corrected chi connectivity index (χ0v) is 15.4. The van der Waals surface area contributed by atoms with E-state index in [0.29, 0.717) is 33.8 Å². The van der Waals surface area contributed by atoms with Crippen molar-refractivity contribution >= 4 is 28.2 Å². The quantitative estimate of drug-likeness (QED) is 0.376. The van der Waals surface area contributed by atoms with Gasteiger partial charge in [0.15, 0.2) is 0 Å². The highest BCUT2D eigenvalue weighted by molar-refractivity contribution is 6.13. The number of anilines is 1. The van der Waals surface area contributed by atoms with Gasteiger partial charge in [-0.05, 0) is 31.2 Å². The molecule has 0 saturated carbocycles. The number of aryl methyl sites for hydroxylation is 1. The van der Waals surface area contributed by atoms with Gasteiger partial charge in [0.25, 0.3) is 11.6 Å². The number of benzene rings is 2. The first-order valence-electron chi connectivity index (χ1n) is 8.77. The summed E-state index contributed by atoms with van der Waals surface area (Å²) in [6.45, 7) is 1.99. The largest absolute Gasteiger partial charge is 0.439 e. The fraction of sp³-hybridized carbons (Fsp3) is 0.0476. The number of hydrogen-bond donors (Lipinski definition) is 2. The summed E-state index contributed by atoms with van der Waals surface area (Å²) in [5, 5.41) is 14.2. The molecule has 2 aromatic heterocycles. The maximum absolute atomic E-state index is 12.6. The Bertz CT molecular complexity index is 1200. The Labute approximate surface area is 165 Å². The molecule has 4 aromatic rings. The monoisotopic (exact) mass is 388 g/mol. The van der Waals surface area contributed by atoms with Crippen LogP contribution in [0.25, 0.3) is 10.9 Å². The van der Waals surface area contributed by atoms with Crippen molar-refractivity contribution < 1.29 is 14.5 Å². The molecule has 8 heteroatoms. The van der Waals surface area contributed by atoms with Gasteiger partial charge in [-0.15, -0.1) is 0 Å². The lowest BCUT2D eigenvalue weighted by Crippen LogP contribution is -2.11. The van der Waals surface area contributed by atoms with E-state index >= 15 is 0 Å². The molecule has 0 spiro atoms. The van der Waals surface area contributed by atoms with Crippen LogP contribution in [0.15, 0.2) is 67.0 Å². The summed E-state index contributed by atoms with van der Waals surface area (Å²) in [6.07, 6.45) is 3.00. The number of nitrogens with one attached hydrogen (secondary N) is 2. The minimum absolute atomic E-state index is 0.0783. The number of hydrogen-bond acceptors (Lipinski definition) is 5. The van der Waals surface area contributed by atoms with Gasteiger partial charge in [0, 0.05) is 35.3 Å². The number of fused-ring (bicyclic) bond motifs is 1. The van der Waals surface area contributed by atoms with E-state index in [-0.39, 0.29) is 5.69 Å². The second kappa shape index (κ2) is 7.43. The molecule has 0 atom stereocenters. The number of rotatable bonds is 5. The first-order valence-corrected chi connectivity index (χ1v) is 8.77. The first kappa shape index (κ1) is 18.2. The number of carbonyl (C=O) groups excluding carboxylic acids is 1. The highest BCUT2D eigenvalue weighted by atomic mass is 16.6. The Morgan fingerprint density at radius 3 is 2.62 bits per heavy atom. The molecule has 29 heavy (non-hydrogen) atoms. The molecule has 0 saturated heterocycles. The molecule has 2 heterocycles. The molecule has 2 aromatic carbocycles. The van der Waals surface area contributed by atoms with Crippen LogP contribution < -0.4 is 10.1 Å². The van der Waals surface area contributed by atoms with Crippen LogP contribution in [0, 0.1) is 17.0 Å². The van der Waals surface area contributed by atoms with Crippen molar-refractivity contribution in [3.05, 3.63) is 88.2 Å². The summed E-state index contributed by atoms with van der Waals surface area (Å²) >= 11 is 0. The van der Waals surface area contributed by atoms with Crippen LogP contribution in [-0.2, 0) is 0 Å². The number of aromatic amines is 1. The van der Waals surface area contributed by atoms with Gasteiger partial charge >= 0.3 is 0 Å². The molecule has 4 rings (SSSR count). The molecule has 1 amide bonds. The number of H-pyrrole nitrogens is 1. The van der Waals surface area contributed by atoms with E-state index in [0.717, 1.165) is 5.56 Å². The van der Waals surface area contributed by atoms with Crippen molar-refractivity contribution in [3.8, 4) is 11.6 Å². The normalized spacial score (nSPS) is 10.7. The molecule has 0 bridgehead atoms. The highest BCUT2D eigenvalue weighted by Crippen LogP contribution is 2.25. The van der Waals surface area contributed by atoms with Gasteiger partial charge in [0.2, 0.25) is 5.88 Å². The van der Waals surface area contributed by atoms with Gasteiger partial charge in [-0.1, -0.05) is 17.7 Å². The molecule has 0 aliphatic carbocycles. The number of amides is 1. The van der Waals surface area contributed by atoms with E-state index in [9.17, 15) is 14.9 Å². The van der Waals surface area contributed by atoms with Gasteiger partial charge < -0.3 is 15.0 Å². The lowest BCUT2D eigenvalue weighted by atomic mass is 10.1. The third-order valence-electron chi connectivity index (χ3n) is 4.36. The smallest absolute Gasteiger partial charge is 0.270 e. The topological polar surface area (TPSA) is 110 Å². The van der Waals surface area contributed by atoms with Crippen molar-refractivity contribution in [2.75, 3.05) is 5.32 Å². The van der Waals surface area contributed by atoms with Crippen molar-refractivity contribution in [1.82, 2.24) is 9.97 Å². The van der Waals surface area contributed by atoms with Crippen LogP contribution in [-0.4, -0.2) is 20.8 Å². The fourth-order valence-corrected chi connectivity index (χ4v) is 2.85. The predicted octanol–water partition coefficient (Wildman–Crippen LogP) is 4.82. The molecule has 0 unspecified atom stereocenters. The molecule has 0 aliphatic heterocycles. The minimum Gasteiger partial charge on any atom is -0.439 e. The summed E-state index contributed by atoms with van der Waals surface area (Å²) in [5.41, 5.74) is 2.48. The van der Waals surface area contributed by atoms with E-state index in [1.807, 2.05) is 31.2 Å². The summed E-state index contributed by atoms with van der Waals surface area (Å²) in [4.78, 5) is 30.3. The Hall–Kier alpha value is -4.20. The third-order valence-corrected chi connectivity index (χ3v) is 4.36. The van der Waals surface area contributed by atoms with Crippen molar-refractivity contribution in [2.45, 2.75) is 6.92 Å². The lowest BCUT2D eigenvalue weighted by molar-refractivity contribution is -0.384. The van der Waals surface area contributed by atoms with Crippen LogP contribution in [0.4, 0.5) is 11.4 Å². The molecular weight excluding hydrogens is 372 g/mol. The Balaban J connectivity index is 1.50. The van der Waals surface area contributed by atoms with Crippen LogP contribution >= 0.6 is 0 Å². The number of ether oxygens (including phenoxy) is 1. The molecule has 144 valence electrons. The SMILES string of the molecule is Cc1ccc(Oc2ccc(NC(=O)c3c[nH]c4ccc([N+](=O)[O-])cc34)cn2)cc1. The van der Waals surface area contributed by atoms with Crippen molar-refractivity contribution in [1.29, 1.82) is 0 Å². The average Bonchev–Trinajstić information content (AvgIpc) is 3.14. The van der Waals surface area contributed by atoms with Crippen molar-refractivity contribution in [2.24, 2.45) is 0 Å². The van der Waals surface area contributed by atoms with Crippen molar-refractivity contribution in [3.63, 3.8) is 0 Å². The van der Waals surface area contributed by atoms with E-state index in [1.54, 1.807) is 18.2 Å². The molecule has 0 aliphatic rings. The van der Waals surface area contributed by atoms with E-state index in [4.69, 9.17) is 4.74 Å². The molecule has 2 N–H and O–H groups in total. The third kappa shape index (κ3) is 3.91. The predicted molar refractivity (Wildman–Crippen MR) is 108 cm³/mol. The van der Waals surface area contributed by atoms with E-state index < -0.39 is 10.8 Å². The summed E-state index contributed by atoms with van der Waals surface area (Å²) in [6, 6.07) is 15.2. The summed E-state index contributed by atoms with van der Waals surface area (Å²) < 4.78 is 5.67. The van der Waals surface area contributed by atoms with Gasteiger partial charge in [-0.2, -0.15) is 0 Å². The highest BCUT2D eigenvalue weighted by Gasteiger charge is 2.16. The van der Waals surface area contributed by atoms with Crippen LogP contribution in [0.1, 0.15) is 15.9 Å². The number of aromatic nitrogens is 2. The number of nitro groups is 1. The van der Waals surface area contributed by atoms with E-state index in [2.05, 4.69) is 15.3 Å². The molecule has 8 nitrogen and oxygen atoms in total. The minimum atomic E-state index is -0.495. The second-order valence-electron chi connectivity index (χ2n) is 6.44. The molecular formula is C21H16N4O4. The van der Waals surface area contributed by atoms with Crippen LogP contribution in [0.5, 0.6) is 11.6 Å². The number of non-ortho nitro benzene ring substituents is 1. The fourth-order valence-electron chi connectivity index (χ4n) is 2.85. The maximum Gasteiger partial charge on any atom is 0.270 e. The number of carbonyl (C=O) groups is 1. The number of nitro benzene ring substituents is 1. The zero-order chi connectivity index (χ0) is 20.4. The van der Waals surface area contributed by atoms with E-state index in [1.165, 1.54) is 24.5 Å².